The van der Waals surface area contributed by atoms with Crippen molar-refractivity contribution in [1.82, 2.24) is 0 Å². The molecule has 0 fully saturated rings. The van der Waals surface area contributed by atoms with E-state index >= 15 is 0 Å². The SMILES string of the molecule is CC/C=C\C/C=C\C/C=C\C/C=C\C/C=C\C/C=C\C/C=C\C/C=C\CCCCCCCCCCCCCCCCC(=O)OC(COC(=O)CCCCCCC/C=C\C/C=C\CCCC)COP(=O)(O)OCCN. The van der Waals surface area contributed by atoms with E-state index in [1.165, 1.54) is 83.5 Å². The summed E-state index contributed by atoms with van der Waals surface area (Å²) in [5.74, 6) is -0.848. The van der Waals surface area contributed by atoms with Crippen molar-refractivity contribution >= 4 is 19.8 Å². The van der Waals surface area contributed by atoms with Gasteiger partial charge in [-0.2, -0.15) is 0 Å². The summed E-state index contributed by atoms with van der Waals surface area (Å²) >= 11 is 0. The van der Waals surface area contributed by atoms with Crippen LogP contribution in [0.15, 0.2) is 122 Å². The summed E-state index contributed by atoms with van der Waals surface area (Å²) in [4.78, 5) is 35.1. The molecule has 0 bridgehead atoms. The lowest BCUT2D eigenvalue weighted by Crippen LogP contribution is -2.29. The zero-order valence-corrected chi connectivity index (χ0v) is 47.9. The summed E-state index contributed by atoms with van der Waals surface area (Å²) in [5, 5.41) is 0. The van der Waals surface area contributed by atoms with Gasteiger partial charge < -0.3 is 20.1 Å². The molecule has 422 valence electrons. The Bertz CT molecular complexity index is 1620. The van der Waals surface area contributed by atoms with E-state index in [-0.39, 0.29) is 32.6 Å². The molecule has 74 heavy (non-hydrogen) atoms. The summed E-state index contributed by atoms with van der Waals surface area (Å²) in [6.45, 7) is 3.56. The van der Waals surface area contributed by atoms with Gasteiger partial charge in [-0.05, 0) is 103 Å². The van der Waals surface area contributed by atoms with Crippen molar-refractivity contribution in [3.63, 3.8) is 0 Å². The highest BCUT2D eigenvalue weighted by Gasteiger charge is 2.26. The Morgan fingerprint density at radius 2 is 0.743 bits per heavy atom. The number of carbonyl (C=O) groups excluding carboxylic acids is 2. The monoisotopic (exact) mass is 1050 g/mol. The molecule has 9 nitrogen and oxygen atoms in total. The molecule has 0 rings (SSSR count). The number of nitrogens with two attached hydrogens (primary N) is 1. The Kier molecular flexibility index (Phi) is 55.8. The molecule has 0 saturated carbocycles. The average Bonchev–Trinajstić information content (AvgIpc) is 3.39. The number of esters is 2. The molecule has 0 heterocycles. The third-order valence-corrected chi connectivity index (χ3v) is 13.1. The van der Waals surface area contributed by atoms with Gasteiger partial charge in [0, 0.05) is 19.4 Å². The molecular weight excluding hydrogens is 942 g/mol. The topological polar surface area (TPSA) is 134 Å². The molecule has 2 atom stereocenters. The maximum atomic E-state index is 12.7. The molecule has 3 N–H and O–H groups in total. The lowest BCUT2D eigenvalue weighted by molar-refractivity contribution is -0.161. The Labute approximate surface area is 453 Å². The second-order valence-corrected chi connectivity index (χ2v) is 20.6. The van der Waals surface area contributed by atoms with E-state index < -0.39 is 32.5 Å². The van der Waals surface area contributed by atoms with E-state index in [1.54, 1.807) is 0 Å². The molecule has 0 radical (unpaired) electrons. The van der Waals surface area contributed by atoms with E-state index in [0.717, 1.165) is 116 Å². The number of allylic oxidation sites excluding steroid dienone is 20. The number of phosphoric acid groups is 1. The molecule has 0 aromatic rings. The van der Waals surface area contributed by atoms with Crippen LogP contribution in [0.5, 0.6) is 0 Å². The normalized spacial score (nSPS) is 13.9. The van der Waals surface area contributed by atoms with Gasteiger partial charge >= 0.3 is 19.8 Å². The zero-order chi connectivity index (χ0) is 53.8. The maximum absolute atomic E-state index is 12.7. The van der Waals surface area contributed by atoms with Crippen LogP contribution in [0.25, 0.3) is 0 Å². The molecule has 0 aliphatic heterocycles. The minimum atomic E-state index is -4.39. The highest BCUT2D eigenvalue weighted by molar-refractivity contribution is 7.47. The van der Waals surface area contributed by atoms with Crippen LogP contribution in [-0.2, 0) is 32.7 Å². The lowest BCUT2D eigenvalue weighted by atomic mass is 10.0. The van der Waals surface area contributed by atoms with Gasteiger partial charge in [-0.25, -0.2) is 4.57 Å². The molecule has 0 aliphatic carbocycles. The van der Waals surface area contributed by atoms with Gasteiger partial charge in [0.05, 0.1) is 13.2 Å². The highest BCUT2D eigenvalue weighted by atomic mass is 31.2. The predicted molar refractivity (Wildman–Crippen MR) is 316 cm³/mol. The smallest absolute Gasteiger partial charge is 0.462 e. The van der Waals surface area contributed by atoms with Gasteiger partial charge in [0.15, 0.2) is 6.10 Å². The number of hydrogen-bond donors (Lipinski definition) is 2. The first-order chi connectivity index (χ1) is 36.3. The van der Waals surface area contributed by atoms with Crippen LogP contribution in [0.1, 0.15) is 239 Å². The van der Waals surface area contributed by atoms with Crippen molar-refractivity contribution in [3.05, 3.63) is 122 Å². The minimum absolute atomic E-state index is 0.0469. The average molecular weight is 1050 g/mol. The second kappa shape index (κ2) is 58.7. The molecule has 0 amide bonds. The van der Waals surface area contributed by atoms with Gasteiger partial charge in [-0.15, -0.1) is 0 Å². The van der Waals surface area contributed by atoms with Gasteiger partial charge in [0.2, 0.25) is 0 Å². The van der Waals surface area contributed by atoms with Gasteiger partial charge in [-0.1, -0.05) is 245 Å². The summed E-state index contributed by atoms with van der Waals surface area (Å²) < 4.78 is 33.0. The summed E-state index contributed by atoms with van der Waals surface area (Å²) in [6.07, 6.45) is 81.2. The molecule has 0 aliphatic rings. The third-order valence-electron chi connectivity index (χ3n) is 12.1. The minimum Gasteiger partial charge on any atom is -0.462 e. The van der Waals surface area contributed by atoms with Crippen molar-refractivity contribution in [1.29, 1.82) is 0 Å². The van der Waals surface area contributed by atoms with E-state index in [0.29, 0.717) is 12.8 Å². The van der Waals surface area contributed by atoms with Crippen LogP contribution in [0.2, 0.25) is 0 Å². The van der Waals surface area contributed by atoms with E-state index in [4.69, 9.17) is 24.3 Å². The fourth-order valence-electron chi connectivity index (χ4n) is 7.73. The summed E-state index contributed by atoms with van der Waals surface area (Å²) in [5.41, 5.74) is 5.37. The Morgan fingerprint density at radius 3 is 1.11 bits per heavy atom. The summed E-state index contributed by atoms with van der Waals surface area (Å²) in [6, 6.07) is 0. The van der Waals surface area contributed by atoms with Crippen molar-refractivity contribution in [3.8, 4) is 0 Å². The molecule has 0 aromatic carbocycles. The Balaban J connectivity index is 3.91. The number of ether oxygens (including phenoxy) is 2. The van der Waals surface area contributed by atoms with Crippen molar-refractivity contribution in [2.24, 2.45) is 5.73 Å². The first-order valence-electron chi connectivity index (χ1n) is 29.5. The first kappa shape index (κ1) is 70.4. The number of hydrogen-bond acceptors (Lipinski definition) is 8. The lowest BCUT2D eigenvalue weighted by Gasteiger charge is -2.19. The number of carbonyl (C=O) groups is 2. The van der Waals surface area contributed by atoms with Crippen molar-refractivity contribution < 1.29 is 37.6 Å². The van der Waals surface area contributed by atoms with E-state index in [2.05, 4.69) is 135 Å². The molecule has 0 spiro atoms. The number of unbranched alkanes of at least 4 members (excludes halogenated alkanes) is 21. The molecule has 0 saturated heterocycles. The number of phosphoric ester groups is 1. The first-order valence-corrected chi connectivity index (χ1v) is 31.0. The van der Waals surface area contributed by atoms with E-state index in [9.17, 15) is 19.0 Å². The van der Waals surface area contributed by atoms with Crippen molar-refractivity contribution in [2.45, 2.75) is 245 Å². The molecule has 10 heteroatoms. The van der Waals surface area contributed by atoms with Gasteiger partial charge in [0.25, 0.3) is 0 Å². The van der Waals surface area contributed by atoms with Crippen LogP contribution < -0.4 is 5.73 Å². The number of rotatable bonds is 54. The summed E-state index contributed by atoms with van der Waals surface area (Å²) in [7, 11) is -4.39. The van der Waals surface area contributed by atoms with Crippen LogP contribution in [-0.4, -0.2) is 49.3 Å². The fourth-order valence-corrected chi connectivity index (χ4v) is 8.49. The standard InChI is InChI=1S/C64H108NO8P/c1-3-5-7-9-11-13-15-17-19-20-21-22-23-24-25-26-27-28-29-30-31-32-33-34-35-36-37-38-39-40-41-42-43-45-47-49-51-53-55-57-64(67)73-62(61-72-74(68,69)71-59-58-65)60-70-63(66)56-54-52-50-48-46-44-18-16-14-12-10-8-6-4-2/h5,7,10-13,16-19,21-22,24-25,27-28,30-31,33-34,62H,3-4,6,8-9,14-15,20,23,26,29,32,35-61,65H2,1-2H3,(H,68,69)/b7-5-,12-10-,13-11-,18-16-,19-17-,22-21-,25-24-,28-27-,31-30-,34-33-. The van der Waals surface area contributed by atoms with Crippen LogP contribution in [0.4, 0.5) is 0 Å². The van der Waals surface area contributed by atoms with Gasteiger partial charge in [-0.3, -0.25) is 18.6 Å². The Morgan fingerprint density at radius 1 is 0.419 bits per heavy atom. The molecule has 0 aromatic heterocycles. The van der Waals surface area contributed by atoms with Crippen LogP contribution >= 0.6 is 7.82 Å². The quantitative estimate of drug-likeness (QED) is 0.0264. The third kappa shape index (κ3) is 57.7. The largest absolute Gasteiger partial charge is 0.472 e. The fraction of sp³-hybridized carbons (Fsp3) is 0.656. The second-order valence-electron chi connectivity index (χ2n) is 19.1. The Hall–Kier alpha value is -3.59. The van der Waals surface area contributed by atoms with Crippen molar-refractivity contribution in [2.75, 3.05) is 26.4 Å². The van der Waals surface area contributed by atoms with Crippen LogP contribution in [0, 0.1) is 0 Å². The van der Waals surface area contributed by atoms with Crippen LogP contribution in [0.3, 0.4) is 0 Å². The predicted octanol–water partition coefficient (Wildman–Crippen LogP) is 18.8. The zero-order valence-electron chi connectivity index (χ0n) is 47.0. The van der Waals surface area contributed by atoms with E-state index in [1.807, 2.05) is 0 Å². The highest BCUT2D eigenvalue weighted by Crippen LogP contribution is 2.43. The molecule has 2 unspecified atom stereocenters. The molecular formula is C64H108NO8P. The maximum Gasteiger partial charge on any atom is 0.472 e. The van der Waals surface area contributed by atoms with Gasteiger partial charge in [0.1, 0.15) is 6.61 Å².